The van der Waals surface area contributed by atoms with Gasteiger partial charge >= 0.3 is 5.97 Å². The number of carbonyl (C=O) groups is 1. The summed E-state index contributed by atoms with van der Waals surface area (Å²) in [5, 5.41) is 0. The van der Waals surface area contributed by atoms with Gasteiger partial charge < -0.3 is 4.84 Å². The Kier molecular flexibility index (Phi) is 2.69. The van der Waals surface area contributed by atoms with Crippen LogP contribution in [0, 0.1) is 6.92 Å². The second kappa shape index (κ2) is 3.76. The first-order valence-electron chi connectivity index (χ1n) is 3.69. The second-order valence-electron chi connectivity index (χ2n) is 2.51. The fourth-order valence-corrected chi connectivity index (χ4v) is 0.814. The highest BCUT2D eigenvalue weighted by atomic mass is 16.7. The molecule has 0 saturated carbocycles. The third-order valence-corrected chi connectivity index (χ3v) is 1.45. The highest BCUT2D eigenvalue weighted by Gasteiger charge is 1.96. The van der Waals surface area contributed by atoms with E-state index in [0.29, 0.717) is 0 Å². The maximum Gasteiger partial charge on any atom is 0.329 e. The summed E-state index contributed by atoms with van der Waals surface area (Å²) in [6, 6.07) is 7.58. The summed E-state index contributed by atoms with van der Waals surface area (Å²) in [7, 11) is 0. The van der Waals surface area contributed by atoms with E-state index in [0.717, 1.165) is 11.3 Å². The van der Waals surface area contributed by atoms with Crippen molar-refractivity contribution < 1.29 is 9.63 Å². The predicted molar refractivity (Wildman–Crippen MR) is 46.6 cm³/mol. The molecule has 0 aliphatic rings. The van der Waals surface area contributed by atoms with E-state index >= 15 is 0 Å². The van der Waals surface area contributed by atoms with Gasteiger partial charge in [-0.25, -0.2) is 5.48 Å². The molecule has 0 atom stereocenters. The molecule has 0 amide bonds. The largest absolute Gasteiger partial charge is 0.344 e. The zero-order chi connectivity index (χ0) is 8.97. The Balaban J connectivity index is 2.63. The quantitative estimate of drug-likeness (QED) is 0.680. The van der Waals surface area contributed by atoms with Crippen LogP contribution in [0.4, 0.5) is 5.69 Å². The minimum Gasteiger partial charge on any atom is -0.344 e. The molecular formula is C9H11NO2. The van der Waals surface area contributed by atoms with Crippen LogP contribution in [0.5, 0.6) is 0 Å². The van der Waals surface area contributed by atoms with E-state index in [1.54, 1.807) is 0 Å². The SMILES string of the molecule is CC(=O)ONc1ccccc1C. The van der Waals surface area contributed by atoms with Gasteiger partial charge in [0.1, 0.15) is 0 Å². The number of carbonyl (C=O) groups excluding carboxylic acids is 1. The summed E-state index contributed by atoms with van der Waals surface area (Å²) in [5.41, 5.74) is 4.42. The Bertz CT molecular complexity index is 284. The van der Waals surface area contributed by atoms with Gasteiger partial charge in [0.05, 0.1) is 5.69 Å². The smallest absolute Gasteiger partial charge is 0.329 e. The average molecular weight is 165 g/mol. The number of benzene rings is 1. The minimum absolute atomic E-state index is 0.349. The monoisotopic (exact) mass is 165 g/mol. The predicted octanol–water partition coefficient (Wildman–Crippen LogP) is 1.89. The third-order valence-electron chi connectivity index (χ3n) is 1.45. The fourth-order valence-electron chi connectivity index (χ4n) is 0.814. The molecule has 0 bridgehead atoms. The van der Waals surface area contributed by atoms with E-state index < -0.39 is 0 Å². The molecule has 3 heteroatoms. The Morgan fingerprint density at radius 3 is 2.67 bits per heavy atom. The normalized spacial score (nSPS) is 9.17. The molecule has 1 aromatic carbocycles. The molecule has 0 unspecified atom stereocenters. The van der Waals surface area contributed by atoms with Gasteiger partial charge in [0.25, 0.3) is 0 Å². The van der Waals surface area contributed by atoms with Crippen LogP contribution in [0.15, 0.2) is 24.3 Å². The van der Waals surface area contributed by atoms with E-state index in [2.05, 4.69) is 10.3 Å². The number of nitrogens with one attached hydrogen (secondary N) is 1. The third kappa shape index (κ3) is 2.27. The molecular weight excluding hydrogens is 154 g/mol. The van der Waals surface area contributed by atoms with Crippen molar-refractivity contribution in [2.24, 2.45) is 0 Å². The van der Waals surface area contributed by atoms with Crippen molar-refractivity contribution in [1.29, 1.82) is 0 Å². The van der Waals surface area contributed by atoms with Crippen LogP contribution in [0.25, 0.3) is 0 Å². The van der Waals surface area contributed by atoms with Gasteiger partial charge in [0.15, 0.2) is 0 Å². The molecule has 0 saturated heterocycles. The lowest BCUT2D eigenvalue weighted by Crippen LogP contribution is -2.06. The lowest BCUT2D eigenvalue weighted by Gasteiger charge is -2.06. The van der Waals surface area contributed by atoms with E-state index in [9.17, 15) is 4.79 Å². The van der Waals surface area contributed by atoms with Crippen molar-refractivity contribution in [2.45, 2.75) is 13.8 Å². The molecule has 1 aromatic rings. The number of hydrogen-bond acceptors (Lipinski definition) is 3. The van der Waals surface area contributed by atoms with Crippen molar-refractivity contribution in [2.75, 3.05) is 5.48 Å². The summed E-state index contributed by atoms with van der Waals surface area (Å²) >= 11 is 0. The van der Waals surface area contributed by atoms with Gasteiger partial charge in [-0.1, -0.05) is 18.2 Å². The summed E-state index contributed by atoms with van der Waals surface area (Å²) in [6.07, 6.45) is 0. The van der Waals surface area contributed by atoms with Gasteiger partial charge in [-0.05, 0) is 18.6 Å². The number of hydrogen-bond donors (Lipinski definition) is 1. The molecule has 0 radical (unpaired) electrons. The van der Waals surface area contributed by atoms with E-state index in [4.69, 9.17) is 0 Å². The van der Waals surface area contributed by atoms with Crippen LogP contribution < -0.4 is 5.48 Å². The molecule has 0 aliphatic heterocycles. The average Bonchev–Trinajstić information content (AvgIpc) is 2.03. The second-order valence-corrected chi connectivity index (χ2v) is 2.51. The molecule has 1 rings (SSSR count). The lowest BCUT2D eigenvalue weighted by molar-refractivity contribution is -0.138. The van der Waals surface area contributed by atoms with Gasteiger partial charge in [-0.15, -0.1) is 0 Å². The van der Waals surface area contributed by atoms with Crippen LogP contribution in [0.3, 0.4) is 0 Å². The van der Waals surface area contributed by atoms with Crippen LogP contribution in [-0.4, -0.2) is 5.97 Å². The fraction of sp³-hybridized carbons (Fsp3) is 0.222. The molecule has 0 aliphatic carbocycles. The number of rotatable bonds is 2. The Morgan fingerprint density at radius 1 is 1.42 bits per heavy atom. The van der Waals surface area contributed by atoms with Crippen LogP contribution in [0.1, 0.15) is 12.5 Å². The molecule has 1 N–H and O–H groups in total. The molecule has 0 fully saturated rings. The zero-order valence-electron chi connectivity index (χ0n) is 7.13. The van der Waals surface area contributed by atoms with Gasteiger partial charge in [-0.2, -0.15) is 0 Å². The first kappa shape index (κ1) is 8.59. The lowest BCUT2D eigenvalue weighted by atomic mass is 10.2. The van der Waals surface area contributed by atoms with E-state index in [1.807, 2.05) is 31.2 Å². The first-order chi connectivity index (χ1) is 5.70. The first-order valence-corrected chi connectivity index (χ1v) is 3.69. The van der Waals surface area contributed by atoms with Crippen molar-refractivity contribution >= 4 is 11.7 Å². The van der Waals surface area contributed by atoms with Gasteiger partial charge in [-0.3, -0.25) is 4.79 Å². The molecule has 12 heavy (non-hydrogen) atoms. The number of aryl methyl sites for hydroxylation is 1. The van der Waals surface area contributed by atoms with Crippen LogP contribution >= 0.6 is 0 Å². The summed E-state index contributed by atoms with van der Waals surface area (Å²) < 4.78 is 0. The van der Waals surface area contributed by atoms with Crippen molar-refractivity contribution in [3.05, 3.63) is 29.8 Å². The molecule has 0 heterocycles. The Labute approximate surface area is 71.3 Å². The summed E-state index contributed by atoms with van der Waals surface area (Å²) in [5.74, 6) is -0.349. The highest BCUT2D eigenvalue weighted by molar-refractivity contribution is 5.67. The van der Waals surface area contributed by atoms with Gasteiger partial charge in [0.2, 0.25) is 0 Å². The maximum atomic E-state index is 10.4. The Hall–Kier alpha value is -1.51. The van der Waals surface area contributed by atoms with E-state index in [1.165, 1.54) is 6.92 Å². The van der Waals surface area contributed by atoms with Crippen molar-refractivity contribution in [3.8, 4) is 0 Å². The summed E-state index contributed by atoms with van der Waals surface area (Å²) in [6.45, 7) is 3.29. The molecule has 0 aromatic heterocycles. The number of anilines is 1. The standard InChI is InChI=1S/C9H11NO2/c1-7-5-3-4-6-9(7)10-12-8(2)11/h3-6,10H,1-2H3. The Morgan fingerprint density at radius 2 is 2.08 bits per heavy atom. The molecule has 0 spiro atoms. The van der Waals surface area contributed by atoms with Gasteiger partial charge in [0, 0.05) is 6.92 Å². The van der Waals surface area contributed by atoms with E-state index in [-0.39, 0.29) is 5.97 Å². The molecule has 3 nitrogen and oxygen atoms in total. The van der Waals surface area contributed by atoms with Crippen molar-refractivity contribution in [3.63, 3.8) is 0 Å². The minimum atomic E-state index is -0.349. The van der Waals surface area contributed by atoms with Crippen LogP contribution in [-0.2, 0) is 9.63 Å². The highest BCUT2D eigenvalue weighted by Crippen LogP contribution is 2.12. The number of para-hydroxylation sites is 1. The van der Waals surface area contributed by atoms with Crippen LogP contribution in [0.2, 0.25) is 0 Å². The maximum absolute atomic E-state index is 10.4. The topological polar surface area (TPSA) is 38.3 Å². The summed E-state index contributed by atoms with van der Waals surface area (Å²) in [4.78, 5) is 15.1. The zero-order valence-corrected chi connectivity index (χ0v) is 7.13. The molecule has 64 valence electrons. The van der Waals surface area contributed by atoms with Crippen molar-refractivity contribution in [1.82, 2.24) is 0 Å².